The fourth-order valence-electron chi connectivity index (χ4n) is 5.53. The molecule has 2 aromatic carbocycles. The fourth-order valence-corrected chi connectivity index (χ4v) is 5.53. The normalized spacial score (nSPS) is 17.7. The summed E-state index contributed by atoms with van der Waals surface area (Å²) in [7, 11) is 0. The maximum atomic E-state index is 13.0. The molecule has 5 rings (SSSR count). The number of ether oxygens (including phenoxy) is 1. The zero-order valence-corrected chi connectivity index (χ0v) is 22.5. The number of carbonyl (C=O) groups excluding carboxylic acids is 2. The fraction of sp³-hybridized carbons (Fsp3) is 0.500. The lowest BCUT2D eigenvalue weighted by Crippen LogP contribution is -2.45. The molecule has 2 N–H and O–H groups in total. The van der Waals surface area contributed by atoms with Crippen LogP contribution >= 0.6 is 0 Å². The van der Waals surface area contributed by atoms with Crippen molar-refractivity contribution in [1.82, 2.24) is 25.1 Å². The molecule has 8 heteroatoms. The Hall–Kier alpha value is -3.39. The lowest BCUT2D eigenvalue weighted by atomic mass is 9.92. The molecule has 2 amide bonds. The van der Waals surface area contributed by atoms with Gasteiger partial charge in [0.05, 0.1) is 11.1 Å². The standard InChI is InChI=1S/C30H39N5O3/c1-21(2)28-32-26-10-6-9-25(27(26)33-28)29(36)31-19-22-11-15-34(16-12-22)20-23-13-17-35(18-14-23)30(37)38-24-7-4-3-5-8-24/h3-10,21-23H,11-20H2,1-2H3,(H,31,36)(H,32,33). The number of hydrogen-bond donors (Lipinski definition) is 2. The van der Waals surface area contributed by atoms with Gasteiger partial charge in [-0.1, -0.05) is 38.1 Å². The largest absolute Gasteiger partial charge is 0.415 e. The van der Waals surface area contributed by atoms with Crippen molar-refractivity contribution in [1.29, 1.82) is 0 Å². The Morgan fingerprint density at radius 2 is 1.68 bits per heavy atom. The Labute approximate surface area is 224 Å². The molecule has 3 heterocycles. The molecule has 2 aliphatic rings. The number of nitrogens with one attached hydrogen (secondary N) is 2. The van der Waals surface area contributed by atoms with Crippen molar-refractivity contribution < 1.29 is 14.3 Å². The van der Waals surface area contributed by atoms with Crippen molar-refractivity contribution in [2.24, 2.45) is 11.8 Å². The third kappa shape index (κ3) is 6.35. The van der Waals surface area contributed by atoms with Crippen molar-refractivity contribution >= 4 is 23.0 Å². The minimum atomic E-state index is -0.249. The van der Waals surface area contributed by atoms with E-state index >= 15 is 0 Å². The summed E-state index contributed by atoms with van der Waals surface area (Å²) in [4.78, 5) is 37.8. The number of carbonyl (C=O) groups is 2. The average Bonchev–Trinajstić information content (AvgIpc) is 3.39. The molecule has 0 saturated carbocycles. The van der Waals surface area contributed by atoms with E-state index in [0.717, 1.165) is 75.3 Å². The number of imidazole rings is 1. The van der Waals surface area contributed by atoms with Gasteiger partial charge in [0.2, 0.25) is 0 Å². The molecule has 0 aliphatic carbocycles. The molecule has 3 aromatic rings. The second-order valence-corrected chi connectivity index (χ2v) is 11.0. The first-order valence-electron chi connectivity index (χ1n) is 14.0. The molecule has 8 nitrogen and oxygen atoms in total. The van der Waals surface area contributed by atoms with Gasteiger partial charge in [0.1, 0.15) is 17.1 Å². The monoisotopic (exact) mass is 517 g/mol. The zero-order chi connectivity index (χ0) is 26.5. The summed E-state index contributed by atoms with van der Waals surface area (Å²) < 4.78 is 5.49. The van der Waals surface area contributed by atoms with E-state index in [1.807, 2.05) is 53.4 Å². The van der Waals surface area contributed by atoms with Crippen LogP contribution in [-0.2, 0) is 0 Å². The third-order valence-corrected chi connectivity index (χ3v) is 7.92. The summed E-state index contributed by atoms with van der Waals surface area (Å²) in [5, 5.41) is 3.17. The predicted molar refractivity (Wildman–Crippen MR) is 148 cm³/mol. The predicted octanol–water partition coefficient (Wildman–Crippen LogP) is 5.04. The van der Waals surface area contributed by atoms with Gasteiger partial charge in [0, 0.05) is 32.1 Å². The number of piperidine rings is 2. The molecular formula is C30H39N5O3. The number of nitrogens with zero attached hydrogens (tertiary/aromatic N) is 3. The molecule has 2 aliphatic heterocycles. The number of aromatic amines is 1. The van der Waals surface area contributed by atoms with Crippen LogP contribution in [0, 0.1) is 11.8 Å². The highest BCUT2D eigenvalue weighted by molar-refractivity contribution is 6.04. The van der Waals surface area contributed by atoms with Crippen LogP contribution in [0.1, 0.15) is 61.6 Å². The summed E-state index contributed by atoms with van der Waals surface area (Å²) in [5.41, 5.74) is 2.30. The Bertz CT molecular complexity index is 1230. The number of fused-ring (bicyclic) bond motifs is 1. The van der Waals surface area contributed by atoms with Crippen LogP contribution in [0.2, 0.25) is 0 Å². The van der Waals surface area contributed by atoms with E-state index < -0.39 is 0 Å². The molecule has 0 bridgehead atoms. The van der Waals surface area contributed by atoms with Gasteiger partial charge in [0.15, 0.2) is 0 Å². The zero-order valence-electron chi connectivity index (χ0n) is 22.5. The summed E-state index contributed by atoms with van der Waals surface area (Å²) in [6.45, 7) is 9.59. The van der Waals surface area contributed by atoms with Crippen LogP contribution in [0.4, 0.5) is 4.79 Å². The number of amides is 2. The second-order valence-electron chi connectivity index (χ2n) is 11.0. The van der Waals surface area contributed by atoms with Gasteiger partial charge in [-0.15, -0.1) is 0 Å². The summed E-state index contributed by atoms with van der Waals surface area (Å²) in [6.07, 6.45) is 3.95. The van der Waals surface area contributed by atoms with Crippen LogP contribution in [0.3, 0.4) is 0 Å². The van der Waals surface area contributed by atoms with Crippen LogP contribution in [0.5, 0.6) is 5.75 Å². The third-order valence-electron chi connectivity index (χ3n) is 7.92. The van der Waals surface area contributed by atoms with E-state index in [4.69, 9.17) is 4.74 Å². The maximum Gasteiger partial charge on any atom is 0.415 e. The molecular weight excluding hydrogens is 478 g/mol. The highest BCUT2D eigenvalue weighted by atomic mass is 16.6. The van der Waals surface area contributed by atoms with E-state index in [0.29, 0.717) is 29.7 Å². The smallest absolute Gasteiger partial charge is 0.410 e. The Kier molecular flexibility index (Phi) is 8.27. The van der Waals surface area contributed by atoms with Crippen molar-refractivity contribution in [2.75, 3.05) is 39.3 Å². The molecule has 1 aromatic heterocycles. The SMILES string of the molecule is CC(C)c1nc2c(C(=O)NCC3CCN(CC4CCN(C(=O)Oc5ccccc5)CC4)CC3)cccc2[nH]1. The van der Waals surface area contributed by atoms with Crippen molar-refractivity contribution in [3.8, 4) is 5.75 Å². The van der Waals surface area contributed by atoms with Gasteiger partial charge < -0.3 is 24.8 Å². The Morgan fingerprint density at radius 1 is 0.974 bits per heavy atom. The minimum Gasteiger partial charge on any atom is -0.410 e. The molecule has 0 atom stereocenters. The van der Waals surface area contributed by atoms with Crippen LogP contribution in [0.15, 0.2) is 48.5 Å². The number of hydrogen-bond acceptors (Lipinski definition) is 5. The lowest BCUT2D eigenvalue weighted by Gasteiger charge is -2.37. The minimum absolute atomic E-state index is 0.0441. The lowest BCUT2D eigenvalue weighted by molar-refractivity contribution is 0.0924. The topological polar surface area (TPSA) is 90.6 Å². The molecule has 0 unspecified atom stereocenters. The second kappa shape index (κ2) is 12.0. The van der Waals surface area contributed by atoms with Crippen LogP contribution in [-0.4, -0.2) is 71.0 Å². The highest BCUT2D eigenvalue weighted by Crippen LogP contribution is 2.24. The summed E-state index contributed by atoms with van der Waals surface area (Å²) in [6, 6.07) is 15.0. The van der Waals surface area contributed by atoms with Crippen LogP contribution < -0.4 is 10.1 Å². The van der Waals surface area contributed by atoms with Gasteiger partial charge in [-0.3, -0.25) is 4.79 Å². The van der Waals surface area contributed by atoms with Crippen molar-refractivity contribution in [3.05, 3.63) is 59.9 Å². The van der Waals surface area contributed by atoms with Gasteiger partial charge in [0.25, 0.3) is 5.91 Å². The van der Waals surface area contributed by atoms with Gasteiger partial charge >= 0.3 is 6.09 Å². The number of likely N-dealkylation sites (tertiary alicyclic amines) is 2. The summed E-state index contributed by atoms with van der Waals surface area (Å²) >= 11 is 0. The molecule has 2 saturated heterocycles. The first kappa shape index (κ1) is 26.2. The van der Waals surface area contributed by atoms with Crippen molar-refractivity contribution in [2.45, 2.75) is 45.4 Å². The van der Waals surface area contributed by atoms with E-state index in [2.05, 4.69) is 34.0 Å². The molecule has 2 fully saturated rings. The number of para-hydroxylation sites is 2. The first-order valence-corrected chi connectivity index (χ1v) is 14.0. The average molecular weight is 518 g/mol. The number of rotatable bonds is 7. The van der Waals surface area contributed by atoms with Crippen molar-refractivity contribution in [3.63, 3.8) is 0 Å². The quantitative estimate of drug-likeness (QED) is 0.458. The van der Waals surface area contributed by atoms with E-state index in [1.165, 1.54) is 0 Å². The highest BCUT2D eigenvalue weighted by Gasteiger charge is 2.27. The number of benzene rings is 2. The first-order chi connectivity index (χ1) is 18.5. The Balaban J connectivity index is 1.02. The molecule has 0 spiro atoms. The van der Waals surface area contributed by atoms with Gasteiger partial charge in [-0.05, 0) is 74.9 Å². The van der Waals surface area contributed by atoms with E-state index in [9.17, 15) is 9.59 Å². The number of H-pyrrole nitrogens is 1. The molecule has 0 radical (unpaired) electrons. The van der Waals surface area contributed by atoms with E-state index in [-0.39, 0.29) is 17.9 Å². The maximum absolute atomic E-state index is 13.0. The Morgan fingerprint density at radius 3 is 2.39 bits per heavy atom. The van der Waals surface area contributed by atoms with Crippen LogP contribution in [0.25, 0.3) is 11.0 Å². The van der Waals surface area contributed by atoms with Gasteiger partial charge in [-0.25, -0.2) is 9.78 Å². The van der Waals surface area contributed by atoms with E-state index in [1.54, 1.807) is 0 Å². The molecule has 38 heavy (non-hydrogen) atoms. The molecule has 202 valence electrons. The summed E-state index contributed by atoms with van der Waals surface area (Å²) in [5.74, 6) is 2.85. The van der Waals surface area contributed by atoms with Gasteiger partial charge in [-0.2, -0.15) is 0 Å². The number of aromatic nitrogens is 2.